The molecule has 0 bridgehead atoms. The van der Waals surface area contributed by atoms with Crippen molar-refractivity contribution in [2.75, 3.05) is 37.6 Å². The van der Waals surface area contributed by atoms with E-state index in [-0.39, 0.29) is 6.04 Å². The number of nitrogens with zero attached hydrogens (tertiary/aromatic N) is 2. The topological polar surface area (TPSA) is 35.6 Å². The van der Waals surface area contributed by atoms with E-state index >= 15 is 0 Å². The Bertz CT molecular complexity index is 454. The molecule has 2 saturated heterocycles. The van der Waals surface area contributed by atoms with Crippen molar-refractivity contribution < 1.29 is 4.79 Å². The Labute approximate surface area is 120 Å². The third kappa shape index (κ3) is 2.66. The minimum Gasteiger partial charge on any atom is -0.368 e. The minimum atomic E-state index is 0.0401. The monoisotopic (exact) mass is 273 g/mol. The lowest BCUT2D eigenvalue weighted by Gasteiger charge is -2.37. The Morgan fingerprint density at radius 3 is 2.45 bits per heavy atom. The summed E-state index contributed by atoms with van der Waals surface area (Å²) in [4.78, 5) is 16.9. The van der Waals surface area contributed by atoms with E-state index < -0.39 is 0 Å². The molecule has 20 heavy (non-hydrogen) atoms. The van der Waals surface area contributed by atoms with E-state index in [2.05, 4.69) is 41.4 Å². The fourth-order valence-electron chi connectivity index (χ4n) is 3.19. The summed E-state index contributed by atoms with van der Waals surface area (Å²) < 4.78 is 0. The van der Waals surface area contributed by atoms with Gasteiger partial charge < -0.3 is 15.1 Å². The van der Waals surface area contributed by atoms with Crippen LogP contribution in [0.4, 0.5) is 5.69 Å². The summed E-state index contributed by atoms with van der Waals surface area (Å²) in [5.41, 5.74) is 1.26. The zero-order valence-electron chi connectivity index (χ0n) is 12.1. The molecule has 4 heteroatoms. The van der Waals surface area contributed by atoms with E-state index in [9.17, 15) is 4.79 Å². The highest BCUT2D eigenvalue weighted by atomic mass is 16.2. The standard InChI is InChI=1S/C16H23N3O/c1-13-7-8-17-15(13)16(20)19-11-9-18(10-12-19)14-5-3-2-4-6-14/h2-6,13,15,17H,7-12H2,1H3. The van der Waals surface area contributed by atoms with E-state index in [1.807, 2.05) is 11.0 Å². The predicted octanol–water partition coefficient (Wildman–Crippen LogP) is 1.33. The summed E-state index contributed by atoms with van der Waals surface area (Å²) >= 11 is 0. The molecule has 1 aromatic rings. The smallest absolute Gasteiger partial charge is 0.240 e. The van der Waals surface area contributed by atoms with Gasteiger partial charge in [0, 0.05) is 31.9 Å². The van der Waals surface area contributed by atoms with Gasteiger partial charge in [0.1, 0.15) is 0 Å². The van der Waals surface area contributed by atoms with E-state index in [1.165, 1.54) is 5.69 Å². The van der Waals surface area contributed by atoms with Gasteiger partial charge >= 0.3 is 0 Å². The zero-order chi connectivity index (χ0) is 13.9. The minimum absolute atomic E-state index is 0.0401. The van der Waals surface area contributed by atoms with Crippen LogP contribution in [0, 0.1) is 5.92 Å². The van der Waals surface area contributed by atoms with Gasteiger partial charge in [0.05, 0.1) is 6.04 Å². The Balaban J connectivity index is 1.57. The Hall–Kier alpha value is -1.55. The molecule has 0 aromatic heterocycles. The molecule has 2 unspecified atom stereocenters. The summed E-state index contributed by atoms with van der Waals surface area (Å²) in [6.07, 6.45) is 1.11. The number of amides is 1. The predicted molar refractivity (Wildman–Crippen MR) is 80.8 cm³/mol. The highest BCUT2D eigenvalue weighted by molar-refractivity contribution is 5.82. The molecule has 0 radical (unpaired) electrons. The number of nitrogens with one attached hydrogen (secondary N) is 1. The lowest BCUT2D eigenvalue weighted by atomic mass is 10.0. The van der Waals surface area contributed by atoms with Gasteiger partial charge in [-0.25, -0.2) is 0 Å². The molecular formula is C16H23N3O. The van der Waals surface area contributed by atoms with Crippen molar-refractivity contribution >= 4 is 11.6 Å². The molecular weight excluding hydrogens is 250 g/mol. The highest BCUT2D eigenvalue weighted by Gasteiger charge is 2.33. The van der Waals surface area contributed by atoms with E-state index in [0.717, 1.165) is 39.1 Å². The quantitative estimate of drug-likeness (QED) is 0.883. The molecule has 2 atom stereocenters. The fraction of sp³-hybridized carbons (Fsp3) is 0.562. The summed E-state index contributed by atoms with van der Waals surface area (Å²) in [5.74, 6) is 0.761. The van der Waals surface area contributed by atoms with Crippen LogP contribution >= 0.6 is 0 Å². The average molecular weight is 273 g/mol. The molecule has 0 aliphatic carbocycles. The third-order valence-electron chi connectivity index (χ3n) is 4.51. The van der Waals surface area contributed by atoms with Crippen LogP contribution in [-0.2, 0) is 4.79 Å². The lowest BCUT2D eigenvalue weighted by molar-refractivity contribution is -0.134. The first-order valence-corrected chi connectivity index (χ1v) is 7.58. The van der Waals surface area contributed by atoms with Gasteiger partial charge in [-0.3, -0.25) is 4.79 Å². The number of piperazine rings is 1. The van der Waals surface area contributed by atoms with Crippen LogP contribution in [0.5, 0.6) is 0 Å². The van der Waals surface area contributed by atoms with Gasteiger partial charge in [0.15, 0.2) is 0 Å². The molecule has 4 nitrogen and oxygen atoms in total. The molecule has 2 fully saturated rings. The Kier molecular flexibility index (Phi) is 3.92. The number of carbonyl (C=O) groups excluding carboxylic acids is 1. The second-order valence-corrected chi connectivity index (χ2v) is 5.85. The number of rotatable bonds is 2. The van der Waals surface area contributed by atoms with Crippen LogP contribution in [0.15, 0.2) is 30.3 Å². The maximum absolute atomic E-state index is 12.5. The van der Waals surface area contributed by atoms with Gasteiger partial charge in [0.2, 0.25) is 5.91 Å². The third-order valence-corrected chi connectivity index (χ3v) is 4.51. The molecule has 1 amide bonds. The van der Waals surface area contributed by atoms with Crippen molar-refractivity contribution in [1.29, 1.82) is 0 Å². The highest BCUT2D eigenvalue weighted by Crippen LogP contribution is 2.19. The first-order valence-electron chi connectivity index (χ1n) is 7.58. The summed E-state index contributed by atoms with van der Waals surface area (Å²) in [6, 6.07) is 10.5. The largest absolute Gasteiger partial charge is 0.368 e. The first-order chi connectivity index (χ1) is 9.75. The Morgan fingerprint density at radius 1 is 1.15 bits per heavy atom. The summed E-state index contributed by atoms with van der Waals surface area (Å²) in [7, 11) is 0. The number of carbonyl (C=O) groups is 1. The van der Waals surface area contributed by atoms with E-state index in [0.29, 0.717) is 11.8 Å². The van der Waals surface area contributed by atoms with E-state index in [1.54, 1.807) is 0 Å². The zero-order valence-corrected chi connectivity index (χ0v) is 12.1. The van der Waals surface area contributed by atoms with Gasteiger partial charge in [0.25, 0.3) is 0 Å². The van der Waals surface area contributed by atoms with Crippen LogP contribution in [0.2, 0.25) is 0 Å². The van der Waals surface area contributed by atoms with Crippen molar-refractivity contribution in [3.63, 3.8) is 0 Å². The molecule has 2 aliphatic rings. The van der Waals surface area contributed by atoms with Gasteiger partial charge in [-0.2, -0.15) is 0 Å². The second kappa shape index (κ2) is 5.83. The molecule has 108 valence electrons. The molecule has 2 heterocycles. The molecule has 2 aliphatic heterocycles. The van der Waals surface area contributed by atoms with Crippen LogP contribution in [-0.4, -0.2) is 49.6 Å². The fourth-order valence-corrected chi connectivity index (χ4v) is 3.19. The van der Waals surface area contributed by atoms with Gasteiger partial charge in [-0.05, 0) is 31.0 Å². The number of para-hydroxylation sites is 1. The van der Waals surface area contributed by atoms with Crippen molar-refractivity contribution in [2.24, 2.45) is 5.92 Å². The first kappa shape index (κ1) is 13.4. The maximum atomic E-state index is 12.5. The van der Waals surface area contributed by atoms with Crippen molar-refractivity contribution in [3.05, 3.63) is 30.3 Å². The average Bonchev–Trinajstić information content (AvgIpc) is 2.94. The summed E-state index contributed by atoms with van der Waals surface area (Å²) in [6.45, 7) is 6.66. The Morgan fingerprint density at radius 2 is 1.85 bits per heavy atom. The molecule has 0 saturated carbocycles. The van der Waals surface area contributed by atoms with Crippen LogP contribution in [0.25, 0.3) is 0 Å². The molecule has 0 spiro atoms. The van der Waals surface area contributed by atoms with Crippen molar-refractivity contribution in [3.8, 4) is 0 Å². The maximum Gasteiger partial charge on any atom is 0.240 e. The van der Waals surface area contributed by atoms with Crippen molar-refractivity contribution in [1.82, 2.24) is 10.2 Å². The number of hydrogen-bond acceptors (Lipinski definition) is 3. The SMILES string of the molecule is CC1CCNC1C(=O)N1CCN(c2ccccc2)CC1. The molecule has 1 N–H and O–H groups in total. The molecule has 1 aromatic carbocycles. The second-order valence-electron chi connectivity index (χ2n) is 5.85. The van der Waals surface area contributed by atoms with Gasteiger partial charge in [-0.1, -0.05) is 25.1 Å². The molecule has 3 rings (SSSR count). The van der Waals surface area contributed by atoms with Crippen LogP contribution in [0.3, 0.4) is 0 Å². The normalized spacial score (nSPS) is 26.9. The van der Waals surface area contributed by atoms with Gasteiger partial charge in [-0.15, -0.1) is 0 Å². The summed E-state index contributed by atoms with van der Waals surface area (Å²) in [5, 5.41) is 3.34. The van der Waals surface area contributed by atoms with Crippen LogP contribution in [0.1, 0.15) is 13.3 Å². The van der Waals surface area contributed by atoms with Crippen molar-refractivity contribution in [2.45, 2.75) is 19.4 Å². The number of benzene rings is 1. The van der Waals surface area contributed by atoms with E-state index in [4.69, 9.17) is 0 Å². The number of hydrogen-bond donors (Lipinski definition) is 1. The lowest BCUT2D eigenvalue weighted by Crippen LogP contribution is -2.54. The number of anilines is 1. The van der Waals surface area contributed by atoms with Crippen LogP contribution < -0.4 is 10.2 Å².